The number of carbonyl (C=O) groups excluding carboxylic acids is 2. The predicted molar refractivity (Wildman–Crippen MR) is 123 cm³/mol. The molecule has 0 aliphatic heterocycles. The van der Waals surface area contributed by atoms with Gasteiger partial charge in [0.2, 0.25) is 5.91 Å². The summed E-state index contributed by atoms with van der Waals surface area (Å²) in [5, 5.41) is 0.786. The largest absolute Gasteiger partial charge is 0.369 e. The maximum absolute atomic E-state index is 13.1. The Morgan fingerprint density at radius 3 is 2.45 bits per heavy atom. The lowest BCUT2D eigenvalue weighted by atomic mass is 10.0. The Balaban J connectivity index is 2.19. The van der Waals surface area contributed by atoms with E-state index in [9.17, 15) is 14.2 Å². The molecule has 0 bridgehead atoms. The second-order valence-corrected chi connectivity index (χ2v) is 10.3. The summed E-state index contributed by atoms with van der Waals surface area (Å²) in [6.07, 6.45) is 0.703. The zero-order valence-electron chi connectivity index (χ0n) is 17.3. The molecule has 2 N–H and O–H groups in total. The summed E-state index contributed by atoms with van der Waals surface area (Å²) in [4.78, 5) is 23.1. The van der Waals surface area contributed by atoms with Gasteiger partial charge in [-0.05, 0) is 39.2 Å². The Hall–Kier alpha value is -2.25. The maximum Gasteiger partial charge on any atom is 0.337 e. The number of aromatic nitrogens is 1. The van der Waals surface area contributed by atoms with Gasteiger partial charge in [-0.25, -0.2) is 0 Å². The molecule has 31 heavy (non-hydrogen) atoms. The Bertz CT molecular complexity index is 1140. The average molecular weight is 507 g/mol. The van der Waals surface area contributed by atoms with Crippen molar-refractivity contribution in [2.75, 3.05) is 14.2 Å². The third kappa shape index (κ3) is 4.83. The van der Waals surface area contributed by atoms with Crippen molar-refractivity contribution < 1.29 is 23.2 Å². The van der Waals surface area contributed by atoms with Crippen LogP contribution in [0.1, 0.15) is 28.8 Å². The molecular formula is C22H24BrN2O5P. The van der Waals surface area contributed by atoms with Crippen molar-refractivity contribution >= 4 is 46.6 Å². The fourth-order valence-corrected chi connectivity index (χ4v) is 5.95. The number of benzene rings is 2. The first kappa shape index (κ1) is 23.4. The van der Waals surface area contributed by atoms with E-state index in [2.05, 4.69) is 15.9 Å². The summed E-state index contributed by atoms with van der Waals surface area (Å²) < 4.78 is 26.2. The van der Waals surface area contributed by atoms with Crippen LogP contribution in [-0.2, 0) is 36.2 Å². The van der Waals surface area contributed by atoms with Gasteiger partial charge in [-0.1, -0.05) is 36.4 Å². The summed E-state index contributed by atoms with van der Waals surface area (Å²) in [6.45, 7) is 0.586. The number of primary amides is 1. The van der Waals surface area contributed by atoms with E-state index >= 15 is 0 Å². The number of carbonyl (C=O) groups is 2. The van der Waals surface area contributed by atoms with Crippen molar-refractivity contribution in [1.29, 1.82) is 0 Å². The molecule has 0 aliphatic rings. The van der Waals surface area contributed by atoms with E-state index in [1.54, 1.807) is 0 Å². The van der Waals surface area contributed by atoms with Crippen LogP contribution in [0.25, 0.3) is 10.9 Å². The van der Waals surface area contributed by atoms with E-state index < -0.39 is 19.2 Å². The van der Waals surface area contributed by atoms with Gasteiger partial charge in [-0.2, -0.15) is 0 Å². The highest BCUT2D eigenvalue weighted by molar-refractivity contribution is 9.10. The van der Waals surface area contributed by atoms with Crippen molar-refractivity contribution in [2.45, 2.75) is 25.0 Å². The quantitative estimate of drug-likeness (QED) is 0.320. The molecule has 3 rings (SSSR count). The number of fused-ring (bicyclic) bond motifs is 1. The molecule has 0 saturated heterocycles. The van der Waals surface area contributed by atoms with Gasteiger partial charge < -0.3 is 24.1 Å². The zero-order valence-corrected chi connectivity index (χ0v) is 19.8. The molecule has 7 nitrogen and oxygen atoms in total. The third-order valence-electron chi connectivity index (χ3n) is 5.25. The van der Waals surface area contributed by atoms with Gasteiger partial charge in [0.15, 0.2) is 0 Å². The minimum absolute atomic E-state index is 0.0263. The van der Waals surface area contributed by atoms with Crippen molar-refractivity contribution in [1.82, 2.24) is 4.57 Å². The van der Waals surface area contributed by atoms with E-state index in [0.717, 1.165) is 26.6 Å². The van der Waals surface area contributed by atoms with Crippen LogP contribution in [0.15, 0.2) is 53.1 Å². The molecular weight excluding hydrogens is 483 g/mol. The van der Waals surface area contributed by atoms with Crippen LogP contribution in [0.2, 0.25) is 0 Å². The summed E-state index contributed by atoms with van der Waals surface area (Å²) in [7, 11) is -0.956. The minimum atomic E-state index is -3.55. The fraction of sp³-hybridized carbons (Fsp3) is 0.273. The van der Waals surface area contributed by atoms with E-state index in [4.69, 9.17) is 14.8 Å². The lowest BCUT2D eigenvalue weighted by Gasteiger charge is -2.23. The molecule has 0 saturated carbocycles. The fourth-order valence-electron chi connectivity index (χ4n) is 3.75. The first-order chi connectivity index (χ1) is 14.8. The van der Waals surface area contributed by atoms with Gasteiger partial charge in [0.25, 0.3) is 0 Å². The van der Waals surface area contributed by atoms with Crippen LogP contribution in [0, 0.1) is 0 Å². The first-order valence-corrected chi connectivity index (χ1v) is 12.0. The molecule has 2 aromatic carbocycles. The topological polar surface area (TPSA) is 101 Å². The third-order valence-corrected chi connectivity index (χ3v) is 8.45. The number of aldehydes is 1. The van der Waals surface area contributed by atoms with Gasteiger partial charge >= 0.3 is 7.60 Å². The highest BCUT2D eigenvalue weighted by Crippen LogP contribution is 2.61. The van der Waals surface area contributed by atoms with Gasteiger partial charge in [0.1, 0.15) is 6.29 Å². The standard InChI is InChI=1S/C22H24BrN2O5P/c1-29-31(28,30-2)20(10-11-26)16-8-9-19-17(12-16)18(13-21(24)27)22(23)25(19)14-15-6-4-3-5-7-15/h3-9,11-12,20H,10,13-14H2,1-2H3,(H2,24,27). The van der Waals surface area contributed by atoms with Gasteiger partial charge in [-0.15, -0.1) is 0 Å². The molecule has 1 atom stereocenters. The number of halogens is 1. The number of hydrogen-bond donors (Lipinski definition) is 1. The van der Waals surface area contributed by atoms with Crippen molar-refractivity contribution in [3.05, 3.63) is 69.8 Å². The smallest absolute Gasteiger partial charge is 0.337 e. The van der Waals surface area contributed by atoms with Crippen LogP contribution in [0.5, 0.6) is 0 Å². The van der Waals surface area contributed by atoms with E-state index in [-0.39, 0.29) is 12.8 Å². The van der Waals surface area contributed by atoms with E-state index in [1.807, 2.05) is 53.1 Å². The Kier molecular flexibility index (Phi) is 7.49. The van der Waals surface area contributed by atoms with Gasteiger partial charge in [0, 0.05) is 43.7 Å². The molecule has 0 spiro atoms. The SMILES string of the molecule is COP(=O)(OC)C(CC=O)c1ccc2c(c1)c(CC(N)=O)c(Br)n2Cc1ccccc1. The number of nitrogens with two attached hydrogens (primary N) is 1. The van der Waals surface area contributed by atoms with Gasteiger partial charge in [0.05, 0.1) is 16.7 Å². The zero-order chi connectivity index (χ0) is 22.6. The minimum Gasteiger partial charge on any atom is -0.369 e. The predicted octanol–water partition coefficient (Wildman–Crippen LogP) is 4.60. The summed E-state index contributed by atoms with van der Waals surface area (Å²) in [5.41, 5.74) is 8.07. The number of amides is 1. The summed E-state index contributed by atoms with van der Waals surface area (Å²) >= 11 is 3.63. The number of rotatable bonds is 10. The van der Waals surface area contributed by atoms with Crippen LogP contribution in [0.4, 0.5) is 0 Å². The van der Waals surface area contributed by atoms with E-state index in [1.165, 1.54) is 14.2 Å². The van der Waals surface area contributed by atoms with Crippen LogP contribution < -0.4 is 5.73 Å². The van der Waals surface area contributed by atoms with E-state index in [0.29, 0.717) is 18.4 Å². The molecule has 1 amide bonds. The Morgan fingerprint density at radius 2 is 1.87 bits per heavy atom. The van der Waals surface area contributed by atoms with Crippen molar-refractivity contribution in [2.24, 2.45) is 5.73 Å². The lowest BCUT2D eigenvalue weighted by molar-refractivity contribution is -0.117. The highest BCUT2D eigenvalue weighted by Gasteiger charge is 2.35. The molecule has 0 aliphatic carbocycles. The molecule has 1 aromatic heterocycles. The van der Waals surface area contributed by atoms with Crippen LogP contribution in [-0.4, -0.2) is 31.0 Å². The Labute approximate surface area is 189 Å². The highest BCUT2D eigenvalue weighted by atomic mass is 79.9. The number of nitrogens with zero attached hydrogens (tertiary/aromatic N) is 1. The normalized spacial score (nSPS) is 12.7. The molecule has 0 radical (unpaired) electrons. The average Bonchev–Trinajstić information content (AvgIpc) is 3.02. The second kappa shape index (κ2) is 9.92. The van der Waals surface area contributed by atoms with Crippen LogP contribution >= 0.6 is 23.5 Å². The van der Waals surface area contributed by atoms with Crippen molar-refractivity contribution in [3.63, 3.8) is 0 Å². The monoisotopic (exact) mass is 506 g/mol. The lowest BCUT2D eigenvalue weighted by Crippen LogP contribution is -2.14. The summed E-state index contributed by atoms with van der Waals surface area (Å²) in [5.74, 6) is -0.464. The number of hydrogen-bond acceptors (Lipinski definition) is 5. The van der Waals surface area contributed by atoms with Gasteiger partial charge in [-0.3, -0.25) is 9.36 Å². The summed E-state index contributed by atoms with van der Waals surface area (Å²) in [6, 6.07) is 15.5. The van der Waals surface area contributed by atoms with Crippen molar-refractivity contribution in [3.8, 4) is 0 Å². The molecule has 3 aromatic rings. The molecule has 9 heteroatoms. The second-order valence-electron chi connectivity index (χ2n) is 7.08. The maximum atomic E-state index is 13.1. The Morgan fingerprint density at radius 1 is 1.19 bits per heavy atom. The van der Waals surface area contributed by atoms with Crippen LogP contribution in [0.3, 0.4) is 0 Å². The molecule has 0 fully saturated rings. The molecule has 1 heterocycles. The molecule has 164 valence electrons. The molecule has 1 unspecified atom stereocenters. The first-order valence-electron chi connectivity index (χ1n) is 9.62.